The van der Waals surface area contributed by atoms with Gasteiger partial charge in [-0.05, 0) is 46.1 Å². The van der Waals surface area contributed by atoms with E-state index in [-0.39, 0.29) is 17.9 Å². The van der Waals surface area contributed by atoms with Gasteiger partial charge in [-0.15, -0.1) is 0 Å². The lowest BCUT2D eigenvalue weighted by molar-refractivity contribution is -0.141. The molecule has 0 saturated heterocycles. The SMILES string of the molecule is CC1CCC1.CCC(=O)CC(C)(C)O.CCCC(C)=Nc1cc(C#N)c(C(F)(F)F)nc1C. The van der Waals surface area contributed by atoms with E-state index in [1.807, 2.05) is 6.92 Å². The van der Waals surface area contributed by atoms with E-state index >= 15 is 0 Å². The molecule has 1 aliphatic rings. The van der Waals surface area contributed by atoms with Gasteiger partial charge in [0.1, 0.15) is 11.9 Å². The summed E-state index contributed by atoms with van der Waals surface area (Å²) in [4.78, 5) is 18.4. The highest BCUT2D eigenvalue weighted by Gasteiger charge is 2.36. The Kier molecular flexibility index (Phi) is 13.1. The zero-order valence-electron chi connectivity index (χ0n) is 20.9. The standard InChI is InChI=1S/C13H14F3N3.C7H14O2.C5H10/c1-4-5-8(2)18-11-6-10(7-17)12(13(14,15)16)19-9(11)3;1-4-6(8)5-7(2,3)9;1-5-3-2-4-5/h6H,4-5H2,1-3H3;9H,4-5H2,1-3H3;5H,2-4H2,1H3. The van der Waals surface area contributed by atoms with Crippen LogP contribution < -0.4 is 0 Å². The smallest absolute Gasteiger partial charge is 0.390 e. The molecular formula is C25H38F3N3O2. The molecule has 1 heterocycles. The molecule has 0 spiro atoms. The lowest BCUT2D eigenvalue weighted by Gasteiger charge is -2.18. The number of aliphatic hydroxyl groups is 1. The average molecular weight is 470 g/mol. The summed E-state index contributed by atoms with van der Waals surface area (Å²) in [6.07, 6.45) is 2.26. The number of aliphatic imine (C=N–C) groups is 1. The van der Waals surface area contributed by atoms with Gasteiger partial charge in [0.05, 0.1) is 22.5 Å². The lowest BCUT2D eigenvalue weighted by Crippen LogP contribution is -2.22. The van der Waals surface area contributed by atoms with E-state index in [4.69, 9.17) is 10.4 Å². The minimum absolute atomic E-state index is 0.113. The molecule has 186 valence electrons. The highest BCUT2D eigenvalue weighted by molar-refractivity contribution is 5.84. The van der Waals surface area contributed by atoms with Crippen molar-refractivity contribution in [3.63, 3.8) is 0 Å². The number of pyridine rings is 1. The lowest BCUT2D eigenvalue weighted by atomic mass is 9.88. The van der Waals surface area contributed by atoms with Crippen molar-refractivity contribution in [1.82, 2.24) is 4.98 Å². The van der Waals surface area contributed by atoms with Gasteiger partial charge >= 0.3 is 6.18 Å². The summed E-state index contributed by atoms with van der Waals surface area (Å²) >= 11 is 0. The summed E-state index contributed by atoms with van der Waals surface area (Å²) in [5, 5.41) is 17.9. The van der Waals surface area contributed by atoms with Crippen molar-refractivity contribution in [1.29, 1.82) is 5.26 Å². The number of aromatic nitrogens is 1. The van der Waals surface area contributed by atoms with Gasteiger partial charge in [-0.3, -0.25) is 9.79 Å². The molecule has 8 heteroatoms. The van der Waals surface area contributed by atoms with E-state index in [2.05, 4.69) is 16.9 Å². The summed E-state index contributed by atoms with van der Waals surface area (Å²) in [5.74, 6) is 1.18. The van der Waals surface area contributed by atoms with E-state index in [1.54, 1.807) is 27.7 Å². The monoisotopic (exact) mass is 469 g/mol. The van der Waals surface area contributed by atoms with Crippen molar-refractivity contribution in [2.45, 2.75) is 105 Å². The van der Waals surface area contributed by atoms with Crippen LogP contribution in [0.2, 0.25) is 0 Å². The van der Waals surface area contributed by atoms with Crippen molar-refractivity contribution >= 4 is 17.2 Å². The number of carbonyl (C=O) groups is 1. The second kappa shape index (κ2) is 14.1. The van der Waals surface area contributed by atoms with Gasteiger partial charge in [0.2, 0.25) is 0 Å². The minimum Gasteiger partial charge on any atom is -0.390 e. The predicted octanol–water partition coefficient (Wildman–Crippen LogP) is 7.11. The fraction of sp³-hybridized carbons (Fsp3) is 0.680. The molecule has 33 heavy (non-hydrogen) atoms. The second-order valence-corrected chi connectivity index (χ2v) is 9.11. The van der Waals surface area contributed by atoms with Crippen LogP contribution >= 0.6 is 0 Å². The highest BCUT2D eigenvalue weighted by atomic mass is 19.4. The van der Waals surface area contributed by atoms with Crippen LogP contribution in [0.15, 0.2) is 11.1 Å². The quantitative estimate of drug-likeness (QED) is 0.450. The Hall–Kier alpha value is -2.27. The van der Waals surface area contributed by atoms with E-state index in [9.17, 15) is 18.0 Å². The Morgan fingerprint density at radius 3 is 2.15 bits per heavy atom. The summed E-state index contributed by atoms with van der Waals surface area (Å²) in [6, 6.07) is 2.67. The van der Waals surface area contributed by atoms with Gasteiger partial charge in [0, 0.05) is 18.6 Å². The Morgan fingerprint density at radius 2 is 1.85 bits per heavy atom. The van der Waals surface area contributed by atoms with Crippen molar-refractivity contribution in [3.05, 3.63) is 23.0 Å². The molecule has 0 radical (unpaired) electrons. The number of hydrogen-bond acceptors (Lipinski definition) is 5. The third kappa shape index (κ3) is 13.1. The molecule has 1 aromatic heterocycles. The second-order valence-electron chi connectivity index (χ2n) is 9.11. The van der Waals surface area contributed by atoms with Crippen LogP contribution in [-0.2, 0) is 11.0 Å². The van der Waals surface area contributed by atoms with Crippen LogP contribution in [0.4, 0.5) is 18.9 Å². The molecule has 0 amide bonds. The molecular weight excluding hydrogens is 431 g/mol. The van der Waals surface area contributed by atoms with E-state index in [1.165, 1.54) is 32.3 Å². The Labute approximate surface area is 196 Å². The molecule has 2 rings (SSSR count). The molecule has 5 nitrogen and oxygen atoms in total. The molecule has 0 atom stereocenters. The fourth-order valence-electron chi connectivity index (χ4n) is 2.85. The largest absolute Gasteiger partial charge is 0.434 e. The van der Waals surface area contributed by atoms with Gasteiger partial charge in [0.25, 0.3) is 0 Å². The number of Topliss-reactive ketones (excluding diaryl/α,β-unsaturated/α-hetero) is 1. The maximum Gasteiger partial charge on any atom is 0.434 e. The first kappa shape index (κ1) is 30.7. The molecule has 1 aliphatic carbocycles. The molecule has 0 bridgehead atoms. The van der Waals surface area contributed by atoms with Crippen molar-refractivity contribution < 1.29 is 23.1 Å². The number of aryl methyl sites for hydroxylation is 1. The summed E-state index contributed by atoms with van der Waals surface area (Å²) in [6.45, 7) is 12.6. The molecule has 0 aromatic carbocycles. The summed E-state index contributed by atoms with van der Waals surface area (Å²) in [7, 11) is 0. The number of carbonyl (C=O) groups excluding carboxylic acids is 1. The number of ketones is 1. The molecule has 1 saturated carbocycles. The van der Waals surface area contributed by atoms with E-state index < -0.39 is 23.0 Å². The van der Waals surface area contributed by atoms with Gasteiger partial charge < -0.3 is 5.11 Å². The fourth-order valence-corrected chi connectivity index (χ4v) is 2.85. The minimum atomic E-state index is -4.63. The average Bonchev–Trinajstić information content (AvgIpc) is 2.66. The Balaban J connectivity index is 0.000000598. The Bertz CT molecular complexity index is 831. The van der Waals surface area contributed by atoms with Crippen LogP contribution in [0.25, 0.3) is 0 Å². The number of halogens is 3. The number of hydrogen-bond donors (Lipinski definition) is 1. The molecule has 1 fully saturated rings. The van der Waals surface area contributed by atoms with E-state index in [0.29, 0.717) is 12.1 Å². The molecule has 0 aliphatic heterocycles. The van der Waals surface area contributed by atoms with Crippen molar-refractivity contribution in [2.24, 2.45) is 10.9 Å². The zero-order valence-corrected chi connectivity index (χ0v) is 20.9. The topological polar surface area (TPSA) is 86.3 Å². The van der Waals surface area contributed by atoms with E-state index in [0.717, 1.165) is 30.5 Å². The molecule has 0 unspecified atom stereocenters. The first-order valence-electron chi connectivity index (χ1n) is 11.4. The summed E-state index contributed by atoms with van der Waals surface area (Å²) in [5.41, 5.74) is -1.19. The third-order valence-electron chi connectivity index (χ3n) is 4.92. The van der Waals surface area contributed by atoms with Crippen LogP contribution in [0.1, 0.15) is 103 Å². The van der Waals surface area contributed by atoms with Gasteiger partial charge in [-0.2, -0.15) is 18.4 Å². The predicted molar refractivity (Wildman–Crippen MR) is 126 cm³/mol. The normalized spacial score (nSPS) is 14.2. The van der Waals surface area contributed by atoms with Gasteiger partial charge in [0.15, 0.2) is 5.69 Å². The molecule has 1 aromatic rings. The van der Waals surface area contributed by atoms with Gasteiger partial charge in [-0.25, -0.2) is 4.98 Å². The number of nitrogens with zero attached hydrogens (tertiary/aromatic N) is 3. The summed E-state index contributed by atoms with van der Waals surface area (Å²) < 4.78 is 38.0. The molecule has 1 N–H and O–H groups in total. The van der Waals surface area contributed by atoms with Crippen molar-refractivity contribution in [2.75, 3.05) is 0 Å². The first-order valence-corrected chi connectivity index (χ1v) is 11.4. The number of alkyl halides is 3. The maximum atomic E-state index is 12.7. The van der Waals surface area contributed by atoms with Crippen LogP contribution in [-0.4, -0.2) is 27.2 Å². The maximum absolute atomic E-state index is 12.7. The van der Waals surface area contributed by atoms with Crippen molar-refractivity contribution in [3.8, 4) is 6.07 Å². The van der Waals surface area contributed by atoms with Crippen LogP contribution in [0, 0.1) is 24.2 Å². The number of rotatable bonds is 6. The third-order valence-corrected chi connectivity index (χ3v) is 4.92. The highest BCUT2D eigenvalue weighted by Crippen LogP contribution is 2.33. The van der Waals surface area contributed by atoms with Gasteiger partial charge in [-0.1, -0.05) is 46.5 Å². The van der Waals surface area contributed by atoms with Crippen LogP contribution in [0.5, 0.6) is 0 Å². The first-order chi connectivity index (χ1) is 15.1. The van der Waals surface area contributed by atoms with Crippen LogP contribution in [0.3, 0.4) is 0 Å². The number of nitriles is 1. The zero-order chi connectivity index (χ0) is 25.8. The Morgan fingerprint density at radius 1 is 1.30 bits per heavy atom.